The standard InChI is InChI=1S/C35H35F3N2O4/c1-34(27-12-8-5-9-13-27,32(41)39-22-20-25-10-6-4-7-11-25)33(42)40(29-18-19-30(43-2)31(24-29)44-3)23-21-26-14-16-28(17-15-26)35(36,37)38/h4-19,24H,20-23H2,1-3H3,(H,39,41). The van der Waals surface area contributed by atoms with Gasteiger partial charge in [-0.25, -0.2) is 0 Å². The molecular weight excluding hydrogens is 569 g/mol. The molecular formula is C35H35F3N2O4. The van der Waals surface area contributed by atoms with Crippen molar-refractivity contribution in [3.05, 3.63) is 125 Å². The van der Waals surface area contributed by atoms with Crippen LogP contribution in [0.25, 0.3) is 0 Å². The van der Waals surface area contributed by atoms with Gasteiger partial charge in [0.1, 0.15) is 5.41 Å². The van der Waals surface area contributed by atoms with Crippen molar-refractivity contribution < 1.29 is 32.2 Å². The van der Waals surface area contributed by atoms with Crippen molar-refractivity contribution in [2.24, 2.45) is 0 Å². The van der Waals surface area contributed by atoms with Gasteiger partial charge in [-0.05, 0) is 60.7 Å². The van der Waals surface area contributed by atoms with Crippen LogP contribution in [0.1, 0.15) is 29.2 Å². The Morgan fingerprint density at radius 2 is 1.32 bits per heavy atom. The fourth-order valence-electron chi connectivity index (χ4n) is 4.98. The minimum atomic E-state index is -4.45. The Kier molecular flexibility index (Phi) is 10.3. The Balaban J connectivity index is 1.69. The van der Waals surface area contributed by atoms with Gasteiger partial charge in [0.05, 0.1) is 19.8 Å². The topological polar surface area (TPSA) is 67.9 Å². The molecule has 0 aliphatic rings. The number of carbonyl (C=O) groups is 2. The van der Waals surface area contributed by atoms with Crippen LogP contribution in [0.2, 0.25) is 0 Å². The summed E-state index contributed by atoms with van der Waals surface area (Å²) in [5, 5.41) is 2.95. The minimum absolute atomic E-state index is 0.0827. The Bertz CT molecular complexity index is 1540. The summed E-state index contributed by atoms with van der Waals surface area (Å²) in [5.41, 5.74) is 0.207. The lowest BCUT2D eigenvalue weighted by Gasteiger charge is -2.34. The van der Waals surface area contributed by atoms with E-state index >= 15 is 0 Å². The number of halogens is 3. The quantitative estimate of drug-likeness (QED) is 0.185. The second kappa shape index (κ2) is 14.1. The van der Waals surface area contributed by atoms with Crippen LogP contribution in [-0.2, 0) is 34.0 Å². The van der Waals surface area contributed by atoms with E-state index in [1.165, 1.54) is 31.3 Å². The van der Waals surface area contributed by atoms with E-state index in [4.69, 9.17) is 9.47 Å². The van der Waals surface area contributed by atoms with Crippen LogP contribution in [0.3, 0.4) is 0 Å². The molecule has 2 amide bonds. The van der Waals surface area contributed by atoms with Crippen LogP contribution >= 0.6 is 0 Å². The Labute approximate surface area is 255 Å². The summed E-state index contributed by atoms with van der Waals surface area (Å²) in [6.07, 6.45) is -3.64. The SMILES string of the molecule is COc1ccc(N(CCc2ccc(C(F)(F)F)cc2)C(=O)C(C)(C(=O)NCCc2ccccc2)c2ccccc2)cc1OC. The third kappa shape index (κ3) is 7.40. The molecule has 4 aromatic carbocycles. The van der Waals surface area contributed by atoms with Gasteiger partial charge in [-0.1, -0.05) is 72.8 Å². The summed E-state index contributed by atoms with van der Waals surface area (Å²) in [5.74, 6) is -0.133. The molecule has 0 aromatic heterocycles. The Hall–Kier alpha value is -4.79. The number of nitrogens with one attached hydrogen (secondary N) is 1. The molecule has 44 heavy (non-hydrogen) atoms. The number of carbonyl (C=O) groups excluding carboxylic acids is 2. The molecule has 1 atom stereocenters. The first-order valence-electron chi connectivity index (χ1n) is 14.2. The molecule has 1 unspecified atom stereocenters. The molecule has 4 aromatic rings. The second-order valence-electron chi connectivity index (χ2n) is 10.4. The largest absolute Gasteiger partial charge is 0.493 e. The van der Waals surface area contributed by atoms with Crippen molar-refractivity contribution in [2.75, 3.05) is 32.2 Å². The van der Waals surface area contributed by atoms with Crippen molar-refractivity contribution in [3.8, 4) is 11.5 Å². The number of amides is 2. The number of hydrogen-bond donors (Lipinski definition) is 1. The van der Waals surface area contributed by atoms with E-state index < -0.39 is 29.0 Å². The molecule has 0 saturated heterocycles. The average molecular weight is 605 g/mol. The van der Waals surface area contributed by atoms with Crippen LogP contribution in [0.5, 0.6) is 11.5 Å². The van der Waals surface area contributed by atoms with Crippen LogP contribution in [-0.4, -0.2) is 39.1 Å². The summed E-state index contributed by atoms with van der Waals surface area (Å²) >= 11 is 0. The highest BCUT2D eigenvalue weighted by Gasteiger charge is 2.45. The maximum Gasteiger partial charge on any atom is 0.416 e. The summed E-state index contributed by atoms with van der Waals surface area (Å²) < 4.78 is 50.3. The maximum atomic E-state index is 14.6. The monoisotopic (exact) mass is 604 g/mol. The predicted octanol–water partition coefficient (Wildman–Crippen LogP) is 6.62. The third-order valence-corrected chi connectivity index (χ3v) is 7.60. The number of nitrogens with zero attached hydrogens (tertiary/aromatic N) is 1. The van der Waals surface area contributed by atoms with Crippen LogP contribution in [0, 0.1) is 0 Å². The predicted molar refractivity (Wildman–Crippen MR) is 164 cm³/mol. The van der Waals surface area contributed by atoms with Crippen molar-refractivity contribution in [2.45, 2.75) is 31.4 Å². The fraction of sp³-hybridized carbons (Fsp3) is 0.257. The zero-order valence-electron chi connectivity index (χ0n) is 24.9. The molecule has 0 fully saturated rings. The summed E-state index contributed by atoms with van der Waals surface area (Å²) in [6.45, 7) is 1.99. The van der Waals surface area contributed by atoms with Crippen LogP contribution in [0.15, 0.2) is 103 Å². The van der Waals surface area contributed by atoms with Gasteiger partial charge in [-0.15, -0.1) is 0 Å². The zero-order valence-corrected chi connectivity index (χ0v) is 24.9. The Morgan fingerprint density at radius 1 is 0.727 bits per heavy atom. The van der Waals surface area contributed by atoms with E-state index in [-0.39, 0.29) is 13.0 Å². The number of anilines is 1. The normalized spacial score (nSPS) is 12.6. The van der Waals surface area contributed by atoms with Crippen LogP contribution < -0.4 is 19.7 Å². The summed E-state index contributed by atoms with van der Waals surface area (Å²) in [6, 6.07) is 28.3. The smallest absolute Gasteiger partial charge is 0.416 e. The molecule has 0 aliphatic carbocycles. The maximum absolute atomic E-state index is 14.6. The first-order chi connectivity index (χ1) is 21.1. The number of ether oxygens (including phenoxy) is 2. The third-order valence-electron chi connectivity index (χ3n) is 7.60. The van der Waals surface area contributed by atoms with E-state index in [1.54, 1.807) is 55.5 Å². The minimum Gasteiger partial charge on any atom is -0.493 e. The van der Waals surface area contributed by atoms with Gasteiger partial charge in [0, 0.05) is 24.8 Å². The molecule has 0 bridgehead atoms. The molecule has 6 nitrogen and oxygen atoms in total. The van der Waals surface area contributed by atoms with Gasteiger partial charge in [0.25, 0.3) is 0 Å². The number of methoxy groups -OCH3 is 2. The van der Waals surface area contributed by atoms with E-state index in [9.17, 15) is 22.8 Å². The number of benzene rings is 4. The fourth-order valence-corrected chi connectivity index (χ4v) is 4.98. The van der Waals surface area contributed by atoms with E-state index in [0.717, 1.165) is 17.7 Å². The van der Waals surface area contributed by atoms with Gasteiger partial charge >= 0.3 is 6.18 Å². The molecule has 4 rings (SSSR count). The molecule has 1 N–H and O–H groups in total. The van der Waals surface area contributed by atoms with Crippen LogP contribution in [0.4, 0.5) is 18.9 Å². The average Bonchev–Trinajstić information content (AvgIpc) is 3.04. The second-order valence-corrected chi connectivity index (χ2v) is 10.4. The first-order valence-corrected chi connectivity index (χ1v) is 14.2. The highest BCUT2D eigenvalue weighted by Crippen LogP contribution is 2.35. The van der Waals surface area contributed by atoms with Gasteiger partial charge in [0.15, 0.2) is 11.5 Å². The molecule has 230 valence electrons. The van der Waals surface area contributed by atoms with E-state index in [2.05, 4.69) is 5.32 Å². The molecule has 0 saturated carbocycles. The van der Waals surface area contributed by atoms with Crippen molar-refractivity contribution in [1.29, 1.82) is 0 Å². The van der Waals surface area contributed by atoms with Gasteiger partial charge in [-0.3, -0.25) is 9.59 Å². The van der Waals surface area contributed by atoms with Crippen molar-refractivity contribution in [1.82, 2.24) is 5.32 Å². The number of hydrogen-bond acceptors (Lipinski definition) is 4. The van der Waals surface area contributed by atoms with Crippen molar-refractivity contribution >= 4 is 17.5 Å². The van der Waals surface area contributed by atoms with Gasteiger partial charge in [-0.2, -0.15) is 13.2 Å². The number of alkyl halides is 3. The lowest BCUT2D eigenvalue weighted by Crippen LogP contribution is -2.55. The van der Waals surface area contributed by atoms with E-state index in [0.29, 0.717) is 41.3 Å². The van der Waals surface area contributed by atoms with E-state index in [1.807, 2.05) is 30.3 Å². The lowest BCUT2D eigenvalue weighted by molar-refractivity contribution is -0.138. The Morgan fingerprint density at radius 3 is 1.91 bits per heavy atom. The zero-order chi connectivity index (χ0) is 31.7. The summed E-state index contributed by atoms with van der Waals surface area (Å²) in [4.78, 5) is 30.1. The number of rotatable bonds is 12. The molecule has 0 spiro atoms. The van der Waals surface area contributed by atoms with Gasteiger partial charge in [0.2, 0.25) is 11.8 Å². The molecule has 0 aliphatic heterocycles. The molecule has 0 heterocycles. The lowest BCUT2D eigenvalue weighted by atomic mass is 9.79. The first kappa shape index (κ1) is 32.1. The molecule has 0 radical (unpaired) electrons. The van der Waals surface area contributed by atoms with Gasteiger partial charge < -0.3 is 19.7 Å². The molecule has 9 heteroatoms. The highest BCUT2D eigenvalue weighted by molar-refractivity contribution is 6.16. The summed E-state index contributed by atoms with van der Waals surface area (Å²) in [7, 11) is 2.97. The highest BCUT2D eigenvalue weighted by atomic mass is 19.4. The van der Waals surface area contributed by atoms with Crippen molar-refractivity contribution in [3.63, 3.8) is 0 Å².